The minimum Gasteiger partial charge on any atom is -0.482 e. The molecule has 0 saturated carbocycles. The van der Waals surface area contributed by atoms with Gasteiger partial charge in [0.1, 0.15) is 17.4 Å². The van der Waals surface area contributed by atoms with Gasteiger partial charge in [0.2, 0.25) is 5.91 Å². The number of carboxylic acid groups (broad SMARTS) is 1. The number of amides is 1. The lowest BCUT2D eigenvalue weighted by Gasteiger charge is -2.20. The van der Waals surface area contributed by atoms with Crippen LogP contribution in [0.2, 0.25) is 0 Å². The van der Waals surface area contributed by atoms with Crippen LogP contribution in [0.3, 0.4) is 0 Å². The number of benzene rings is 2. The van der Waals surface area contributed by atoms with Gasteiger partial charge < -0.3 is 31.5 Å². The summed E-state index contributed by atoms with van der Waals surface area (Å²) in [5.41, 5.74) is 8.16. The third-order valence-electron chi connectivity index (χ3n) is 4.77. The average Bonchev–Trinajstić information content (AvgIpc) is 3.25. The Balaban J connectivity index is 1.63. The topological polar surface area (TPSA) is 126 Å². The van der Waals surface area contributed by atoms with Gasteiger partial charge in [0, 0.05) is 22.5 Å². The molecule has 1 heterocycles. The van der Waals surface area contributed by atoms with Crippen LogP contribution in [0.5, 0.6) is 5.75 Å². The van der Waals surface area contributed by atoms with E-state index < -0.39 is 18.5 Å². The molecule has 1 aromatic heterocycles. The number of carbonyl (C=O) groups is 2. The molecule has 0 fully saturated rings. The van der Waals surface area contributed by atoms with Crippen LogP contribution in [0.1, 0.15) is 12.5 Å². The number of rotatable bonds is 12. The summed E-state index contributed by atoms with van der Waals surface area (Å²) < 4.78 is 6.33. The van der Waals surface area contributed by atoms with Crippen molar-refractivity contribution in [2.75, 3.05) is 11.9 Å². The Kier molecular flexibility index (Phi) is 7.94. The van der Waals surface area contributed by atoms with Crippen molar-refractivity contribution in [3.8, 4) is 5.75 Å². The molecule has 9 heteroatoms. The molecule has 0 radical (unpaired) electrons. The van der Waals surface area contributed by atoms with E-state index in [4.69, 9.17) is 15.6 Å². The van der Waals surface area contributed by atoms with Crippen molar-refractivity contribution in [3.63, 3.8) is 0 Å². The minimum absolute atomic E-state index is 0.287. The van der Waals surface area contributed by atoms with Gasteiger partial charge in [0.05, 0.1) is 5.57 Å². The van der Waals surface area contributed by atoms with Crippen molar-refractivity contribution >= 4 is 39.0 Å². The molecule has 176 valence electrons. The van der Waals surface area contributed by atoms with Gasteiger partial charge in [-0.15, -0.1) is 11.3 Å². The molecular weight excluding hydrogens is 452 g/mol. The highest BCUT2D eigenvalue weighted by molar-refractivity contribution is 7.17. The van der Waals surface area contributed by atoms with Crippen LogP contribution < -0.4 is 26.4 Å². The number of carboxylic acids is 1. The first kappa shape index (κ1) is 24.4. The molecular formula is C25H26N4O4S. The van der Waals surface area contributed by atoms with E-state index in [0.717, 1.165) is 16.6 Å². The number of anilines is 1. The monoisotopic (exact) mass is 478 g/mol. The van der Waals surface area contributed by atoms with E-state index in [2.05, 4.69) is 29.1 Å². The molecule has 1 amide bonds. The highest BCUT2D eigenvalue weighted by Gasteiger charge is 2.11. The molecule has 0 spiro atoms. The number of ether oxygens (including phenoxy) is 1. The number of carbonyl (C=O) groups excluding carboxylic acids is 1. The molecule has 34 heavy (non-hydrogen) atoms. The van der Waals surface area contributed by atoms with E-state index in [1.165, 1.54) is 4.70 Å². The zero-order valence-corrected chi connectivity index (χ0v) is 19.5. The van der Waals surface area contributed by atoms with Gasteiger partial charge in [0.15, 0.2) is 6.61 Å². The molecule has 3 aromatic rings. The minimum atomic E-state index is -1.04. The van der Waals surface area contributed by atoms with Gasteiger partial charge in [0.25, 0.3) is 0 Å². The van der Waals surface area contributed by atoms with Gasteiger partial charge in [-0.05, 0) is 59.7 Å². The fourth-order valence-electron chi connectivity index (χ4n) is 3.06. The lowest BCUT2D eigenvalue weighted by Crippen LogP contribution is -2.32. The number of primary amides is 1. The standard InChI is InChI=1S/C25H26N4O4S/c1-15(12-18-4-7-21(8-5-18)33-14-23(30)31)27-25(16(2)24(26)32)29-17(3)28-20-6-9-22-19(13-20)10-11-34-22/h4-11,13,27-29H,1,3,12,14H2,2H3,(H2,26,32)(H,30,31)/b25-16-. The summed E-state index contributed by atoms with van der Waals surface area (Å²) in [5.74, 6) is -0.352. The highest BCUT2D eigenvalue weighted by Crippen LogP contribution is 2.24. The Hall–Kier alpha value is -4.24. The maximum atomic E-state index is 11.8. The predicted octanol–water partition coefficient (Wildman–Crippen LogP) is 3.90. The Morgan fingerprint density at radius 2 is 1.82 bits per heavy atom. The second kappa shape index (κ2) is 11.1. The Bertz CT molecular complexity index is 1260. The van der Waals surface area contributed by atoms with Gasteiger partial charge in [-0.25, -0.2) is 4.79 Å². The summed E-state index contributed by atoms with van der Waals surface area (Å²) in [6, 6.07) is 15.0. The maximum Gasteiger partial charge on any atom is 0.341 e. The summed E-state index contributed by atoms with van der Waals surface area (Å²) in [5, 5.41) is 21.2. The van der Waals surface area contributed by atoms with E-state index in [1.807, 2.05) is 41.8 Å². The summed E-state index contributed by atoms with van der Waals surface area (Å²) in [4.78, 5) is 22.4. The Morgan fingerprint density at radius 1 is 1.09 bits per heavy atom. The lowest BCUT2D eigenvalue weighted by atomic mass is 10.1. The lowest BCUT2D eigenvalue weighted by molar-refractivity contribution is -0.139. The number of fused-ring (bicyclic) bond motifs is 1. The van der Waals surface area contributed by atoms with Crippen LogP contribution in [0.4, 0.5) is 5.69 Å². The van der Waals surface area contributed by atoms with Crippen molar-refractivity contribution in [2.24, 2.45) is 5.73 Å². The Labute approximate surface area is 201 Å². The zero-order chi connectivity index (χ0) is 24.7. The first-order chi connectivity index (χ1) is 16.2. The van der Waals surface area contributed by atoms with E-state index >= 15 is 0 Å². The number of thiophene rings is 1. The summed E-state index contributed by atoms with van der Waals surface area (Å²) in [7, 11) is 0. The van der Waals surface area contributed by atoms with Gasteiger partial charge in [-0.2, -0.15) is 0 Å². The number of hydrogen-bond donors (Lipinski definition) is 5. The molecule has 8 nitrogen and oxygen atoms in total. The first-order valence-electron chi connectivity index (χ1n) is 10.3. The van der Waals surface area contributed by atoms with Crippen LogP contribution in [0.15, 0.2) is 90.0 Å². The predicted molar refractivity (Wildman–Crippen MR) is 135 cm³/mol. The third kappa shape index (κ3) is 6.88. The van der Waals surface area contributed by atoms with Crippen LogP contribution >= 0.6 is 11.3 Å². The van der Waals surface area contributed by atoms with E-state index in [0.29, 0.717) is 29.5 Å². The molecule has 2 aromatic carbocycles. The van der Waals surface area contributed by atoms with Crippen molar-refractivity contribution in [1.29, 1.82) is 0 Å². The summed E-state index contributed by atoms with van der Waals surface area (Å²) >= 11 is 1.67. The fourth-order valence-corrected chi connectivity index (χ4v) is 3.83. The molecule has 0 aliphatic carbocycles. The van der Waals surface area contributed by atoms with Gasteiger partial charge in [-0.3, -0.25) is 4.79 Å². The largest absolute Gasteiger partial charge is 0.482 e. The number of nitrogens with two attached hydrogens (primary N) is 1. The number of hydrogen-bond acceptors (Lipinski definition) is 7. The molecule has 3 rings (SSSR count). The van der Waals surface area contributed by atoms with Crippen LogP contribution in [-0.2, 0) is 16.0 Å². The molecule has 0 bridgehead atoms. The normalized spacial score (nSPS) is 11.3. The molecule has 6 N–H and O–H groups in total. The van der Waals surface area contributed by atoms with Crippen LogP contribution in [-0.4, -0.2) is 23.6 Å². The van der Waals surface area contributed by atoms with Crippen molar-refractivity contribution < 1.29 is 19.4 Å². The number of nitrogens with one attached hydrogen (secondary N) is 3. The van der Waals surface area contributed by atoms with Crippen LogP contribution in [0.25, 0.3) is 10.1 Å². The van der Waals surface area contributed by atoms with Gasteiger partial charge >= 0.3 is 5.97 Å². The Morgan fingerprint density at radius 3 is 2.50 bits per heavy atom. The second-order valence-electron chi connectivity index (χ2n) is 7.50. The molecule has 0 saturated heterocycles. The van der Waals surface area contributed by atoms with E-state index in [9.17, 15) is 9.59 Å². The zero-order valence-electron chi connectivity index (χ0n) is 18.7. The first-order valence-corrected chi connectivity index (χ1v) is 11.2. The average molecular weight is 479 g/mol. The molecule has 0 unspecified atom stereocenters. The maximum absolute atomic E-state index is 11.8. The second-order valence-corrected chi connectivity index (χ2v) is 8.45. The number of aliphatic carboxylic acids is 1. The van der Waals surface area contributed by atoms with Gasteiger partial charge in [-0.1, -0.05) is 25.3 Å². The quantitative estimate of drug-likeness (QED) is 0.250. The molecule has 0 aliphatic rings. The fraction of sp³-hybridized carbons (Fsp3) is 0.120. The van der Waals surface area contributed by atoms with Crippen molar-refractivity contribution in [3.05, 3.63) is 95.5 Å². The molecule has 0 aliphatic heterocycles. The van der Waals surface area contributed by atoms with E-state index in [1.54, 1.807) is 30.4 Å². The SMILES string of the molecule is C=C(Cc1ccc(OCC(=O)O)cc1)N/C(NC(=C)Nc1ccc2sccc2c1)=C(\C)C(N)=O. The molecule has 0 atom stereocenters. The summed E-state index contributed by atoms with van der Waals surface area (Å²) in [6.07, 6.45) is 0.450. The third-order valence-corrected chi connectivity index (χ3v) is 5.67. The van der Waals surface area contributed by atoms with Crippen molar-refractivity contribution in [1.82, 2.24) is 10.6 Å². The van der Waals surface area contributed by atoms with Crippen LogP contribution in [0, 0.1) is 0 Å². The van der Waals surface area contributed by atoms with Crippen molar-refractivity contribution in [2.45, 2.75) is 13.3 Å². The number of allylic oxidation sites excluding steroid dienone is 1. The summed E-state index contributed by atoms with van der Waals surface area (Å²) in [6.45, 7) is 9.23. The highest BCUT2D eigenvalue weighted by atomic mass is 32.1. The smallest absolute Gasteiger partial charge is 0.341 e. The van der Waals surface area contributed by atoms with E-state index in [-0.39, 0.29) is 5.57 Å².